The third kappa shape index (κ3) is 4.49. The molecule has 2 heterocycles. The number of hydrogen-bond donors (Lipinski definition) is 0. The molecule has 2 aromatic rings. The molecule has 2 aliphatic heterocycles. The molecule has 0 N–H and O–H groups in total. The van der Waals surface area contributed by atoms with E-state index in [1.54, 1.807) is 23.8 Å². The maximum Gasteiger partial charge on any atom is 0.376 e. The van der Waals surface area contributed by atoms with Crippen molar-refractivity contribution in [3.05, 3.63) is 70.9 Å². The first-order valence-corrected chi connectivity index (χ1v) is 11.4. The van der Waals surface area contributed by atoms with Crippen LogP contribution in [0.3, 0.4) is 0 Å². The topological polar surface area (TPSA) is 93.0 Å². The number of methoxy groups -OCH3 is 1. The molecule has 0 spiro atoms. The van der Waals surface area contributed by atoms with Crippen molar-refractivity contribution < 1.29 is 23.8 Å². The first-order valence-electron chi connectivity index (χ1n) is 11.4. The first kappa shape index (κ1) is 24.0. The lowest BCUT2D eigenvalue weighted by Crippen LogP contribution is -2.47. The largest absolute Gasteiger partial charge is 0.494 e. The fraction of sp³-hybridized carbons (Fsp3) is 0.308. The fourth-order valence-corrected chi connectivity index (χ4v) is 4.05. The van der Waals surface area contributed by atoms with Crippen LogP contribution in [0.15, 0.2) is 69.9 Å². The predicted octanol–water partition coefficient (Wildman–Crippen LogP) is 3.95. The summed E-state index contributed by atoms with van der Waals surface area (Å²) in [4.78, 5) is 32.3. The number of carbonyl (C=O) groups excluding carboxylic acids is 2. The standard InChI is InChI=1S/C26H28N4O5/c1-6-34-20-14-12-19(13-15-20)30-26-27-17(4)21(24(31)33-5)22(18-10-8-16(3)9-11-18)29(26)23(28-30)25(32)35-7-2/h8-15,22H,6-7H2,1-5H3/t22-/m1/s1. The number of benzene rings is 2. The molecule has 9 heteroatoms. The Morgan fingerprint density at radius 3 is 2.23 bits per heavy atom. The summed E-state index contributed by atoms with van der Waals surface area (Å²) in [5.41, 5.74) is 3.33. The molecule has 0 aliphatic carbocycles. The van der Waals surface area contributed by atoms with Gasteiger partial charge in [0.15, 0.2) is 0 Å². The maximum absolute atomic E-state index is 13.0. The van der Waals surface area contributed by atoms with Gasteiger partial charge in [0.05, 0.1) is 43.3 Å². The van der Waals surface area contributed by atoms with Crippen molar-refractivity contribution in [1.82, 2.24) is 4.90 Å². The number of aliphatic imine (C=N–C) groups is 1. The van der Waals surface area contributed by atoms with Gasteiger partial charge in [-0.25, -0.2) is 14.6 Å². The Kier molecular flexibility index (Phi) is 6.86. The van der Waals surface area contributed by atoms with Gasteiger partial charge in [-0.15, -0.1) is 5.10 Å². The van der Waals surface area contributed by atoms with Crippen molar-refractivity contribution in [2.45, 2.75) is 33.7 Å². The summed E-state index contributed by atoms with van der Waals surface area (Å²) in [5, 5.41) is 6.17. The summed E-state index contributed by atoms with van der Waals surface area (Å²) in [5.74, 6) is -0.0194. The highest BCUT2D eigenvalue weighted by Crippen LogP contribution is 2.40. The van der Waals surface area contributed by atoms with E-state index in [1.807, 2.05) is 62.4 Å². The normalized spacial score (nSPS) is 17.0. The van der Waals surface area contributed by atoms with E-state index in [2.05, 4.69) is 5.10 Å². The molecular weight excluding hydrogens is 448 g/mol. The molecule has 0 saturated heterocycles. The minimum absolute atomic E-state index is 0.0268. The number of amidine groups is 1. The van der Waals surface area contributed by atoms with Gasteiger partial charge in [0.1, 0.15) is 5.75 Å². The summed E-state index contributed by atoms with van der Waals surface area (Å²) in [6.45, 7) is 8.09. The van der Waals surface area contributed by atoms with Crippen LogP contribution >= 0.6 is 0 Å². The van der Waals surface area contributed by atoms with Crippen molar-refractivity contribution >= 4 is 29.4 Å². The predicted molar refractivity (Wildman–Crippen MR) is 132 cm³/mol. The lowest BCUT2D eigenvalue weighted by atomic mass is 9.93. The van der Waals surface area contributed by atoms with Crippen LogP contribution in [0.25, 0.3) is 0 Å². The van der Waals surface area contributed by atoms with Crippen LogP contribution in [-0.4, -0.2) is 49.0 Å². The second-order valence-corrected chi connectivity index (χ2v) is 7.97. The molecule has 35 heavy (non-hydrogen) atoms. The number of nitrogens with zero attached hydrogens (tertiary/aromatic N) is 4. The van der Waals surface area contributed by atoms with E-state index in [4.69, 9.17) is 19.2 Å². The van der Waals surface area contributed by atoms with Crippen molar-refractivity contribution in [3.63, 3.8) is 0 Å². The number of esters is 2. The number of fused-ring (bicyclic) bond motifs is 1. The van der Waals surface area contributed by atoms with E-state index in [9.17, 15) is 9.59 Å². The van der Waals surface area contributed by atoms with E-state index >= 15 is 0 Å². The van der Waals surface area contributed by atoms with Crippen LogP contribution in [0.5, 0.6) is 5.75 Å². The van der Waals surface area contributed by atoms with Crippen LogP contribution in [0.4, 0.5) is 5.69 Å². The van der Waals surface area contributed by atoms with Gasteiger partial charge < -0.3 is 14.2 Å². The van der Waals surface area contributed by atoms with E-state index in [0.29, 0.717) is 35.3 Å². The van der Waals surface area contributed by atoms with Crippen LogP contribution < -0.4 is 9.75 Å². The molecule has 9 nitrogen and oxygen atoms in total. The smallest absolute Gasteiger partial charge is 0.376 e. The average Bonchev–Trinajstić information content (AvgIpc) is 3.23. The average molecular weight is 477 g/mol. The van der Waals surface area contributed by atoms with E-state index in [1.165, 1.54) is 7.11 Å². The molecule has 0 saturated carbocycles. The van der Waals surface area contributed by atoms with Crippen LogP contribution in [0.2, 0.25) is 0 Å². The SMILES string of the molecule is CCOC(=O)C1=NN(c2ccc(OCC)cc2)C2=NC(C)=C(C(=O)OC)[C@@H](c3ccc(C)cc3)N12. The number of aryl methyl sites for hydroxylation is 1. The molecule has 0 aromatic heterocycles. The summed E-state index contributed by atoms with van der Waals surface area (Å²) < 4.78 is 16.0. The quantitative estimate of drug-likeness (QED) is 0.559. The zero-order chi connectivity index (χ0) is 25.1. The number of guanidine groups is 1. The lowest BCUT2D eigenvalue weighted by molar-refractivity contribution is -0.138. The first-order chi connectivity index (χ1) is 16.9. The number of ether oxygens (including phenoxy) is 3. The Balaban J connectivity index is 1.89. The highest BCUT2D eigenvalue weighted by Gasteiger charge is 2.47. The molecule has 182 valence electrons. The number of rotatable bonds is 7. The number of hydrazone groups is 1. The fourth-order valence-electron chi connectivity index (χ4n) is 4.05. The number of hydrogen-bond acceptors (Lipinski definition) is 9. The molecule has 0 fully saturated rings. The van der Waals surface area contributed by atoms with Gasteiger partial charge in [0.2, 0.25) is 11.8 Å². The summed E-state index contributed by atoms with van der Waals surface area (Å²) in [7, 11) is 1.32. The monoisotopic (exact) mass is 476 g/mol. The van der Waals surface area contributed by atoms with Gasteiger partial charge in [-0.1, -0.05) is 29.8 Å². The van der Waals surface area contributed by atoms with Gasteiger partial charge in [-0.2, -0.15) is 5.01 Å². The highest BCUT2D eigenvalue weighted by atomic mass is 16.5. The minimum Gasteiger partial charge on any atom is -0.494 e. The van der Waals surface area contributed by atoms with Crippen LogP contribution in [0, 0.1) is 6.92 Å². The minimum atomic E-state index is -0.689. The van der Waals surface area contributed by atoms with E-state index in [0.717, 1.165) is 11.1 Å². The highest BCUT2D eigenvalue weighted by molar-refractivity contribution is 6.41. The van der Waals surface area contributed by atoms with E-state index in [-0.39, 0.29) is 12.4 Å². The Labute approximate surface area is 204 Å². The Morgan fingerprint density at radius 1 is 0.943 bits per heavy atom. The molecule has 0 bridgehead atoms. The van der Waals surface area contributed by atoms with Gasteiger partial charge in [0, 0.05) is 0 Å². The Hall–Kier alpha value is -4.14. The zero-order valence-corrected chi connectivity index (χ0v) is 20.4. The van der Waals surface area contributed by atoms with Crippen molar-refractivity contribution in [1.29, 1.82) is 0 Å². The maximum atomic E-state index is 13.0. The summed E-state index contributed by atoms with van der Waals surface area (Å²) >= 11 is 0. The molecule has 0 radical (unpaired) electrons. The molecular formula is C26H28N4O5. The number of carbonyl (C=O) groups is 2. The van der Waals surface area contributed by atoms with Crippen LogP contribution in [-0.2, 0) is 19.1 Å². The van der Waals surface area contributed by atoms with Crippen molar-refractivity contribution in [2.24, 2.45) is 10.1 Å². The molecule has 0 unspecified atom stereocenters. The Bertz CT molecular complexity index is 1220. The van der Waals surface area contributed by atoms with Crippen molar-refractivity contribution in [2.75, 3.05) is 25.3 Å². The number of anilines is 1. The molecule has 4 rings (SSSR count). The van der Waals surface area contributed by atoms with Gasteiger partial charge in [-0.3, -0.25) is 4.90 Å². The molecule has 1 atom stereocenters. The number of allylic oxidation sites excluding steroid dienone is 1. The second-order valence-electron chi connectivity index (χ2n) is 7.97. The summed E-state index contributed by atoms with van der Waals surface area (Å²) in [6.07, 6.45) is 0. The summed E-state index contributed by atoms with van der Waals surface area (Å²) in [6, 6.07) is 14.4. The van der Waals surface area contributed by atoms with Crippen molar-refractivity contribution in [3.8, 4) is 5.75 Å². The second kappa shape index (κ2) is 10.0. The lowest BCUT2D eigenvalue weighted by Gasteiger charge is -2.35. The third-order valence-electron chi connectivity index (χ3n) is 5.67. The van der Waals surface area contributed by atoms with Crippen LogP contribution in [0.1, 0.15) is 37.9 Å². The molecule has 0 amide bonds. The Morgan fingerprint density at radius 2 is 1.63 bits per heavy atom. The molecule has 2 aliphatic rings. The zero-order valence-electron chi connectivity index (χ0n) is 20.4. The van der Waals surface area contributed by atoms with Gasteiger partial charge >= 0.3 is 11.9 Å². The van der Waals surface area contributed by atoms with Gasteiger partial charge in [-0.05, 0) is 57.5 Å². The molecule has 2 aromatic carbocycles. The van der Waals surface area contributed by atoms with E-state index < -0.39 is 18.0 Å². The third-order valence-corrected chi connectivity index (χ3v) is 5.67. The van der Waals surface area contributed by atoms with Gasteiger partial charge in [0.25, 0.3) is 0 Å².